The lowest BCUT2D eigenvalue weighted by molar-refractivity contribution is 1.54. The number of allylic oxidation sites excluding steroid dienone is 3. The van der Waals surface area contributed by atoms with Crippen molar-refractivity contribution in [3.63, 3.8) is 0 Å². The predicted octanol–water partition coefficient (Wildman–Crippen LogP) is 4.57. The third-order valence-corrected chi connectivity index (χ3v) is 2.41. The Labute approximate surface area is 113 Å². The zero-order chi connectivity index (χ0) is 13.2. The van der Waals surface area contributed by atoms with Gasteiger partial charge in [-0.15, -0.1) is 0 Å². The van der Waals surface area contributed by atoms with Crippen LogP contribution in [0, 0.1) is 0 Å². The summed E-state index contributed by atoms with van der Waals surface area (Å²) in [7, 11) is 0. The van der Waals surface area contributed by atoms with E-state index in [4.69, 9.17) is 0 Å². The van der Waals surface area contributed by atoms with Gasteiger partial charge in [0.05, 0.1) is 5.69 Å². The summed E-state index contributed by atoms with van der Waals surface area (Å²) in [5.41, 5.74) is 2.03. The summed E-state index contributed by atoms with van der Waals surface area (Å²) in [6.45, 7) is 0. The summed E-state index contributed by atoms with van der Waals surface area (Å²) >= 11 is 0. The summed E-state index contributed by atoms with van der Waals surface area (Å²) in [4.78, 5) is 4.30. The quantitative estimate of drug-likeness (QED) is 0.608. The van der Waals surface area contributed by atoms with E-state index < -0.39 is 0 Å². The summed E-state index contributed by atoms with van der Waals surface area (Å²) in [6.07, 6.45) is 9.44. The maximum Gasteiger partial charge on any atom is 0.0629 e. The molecule has 0 amide bonds. The van der Waals surface area contributed by atoms with Crippen molar-refractivity contribution in [1.82, 2.24) is 0 Å². The second-order valence-corrected chi connectivity index (χ2v) is 3.87. The first-order valence-corrected chi connectivity index (χ1v) is 6.18. The molecule has 2 heteroatoms. The van der Waals surface area contributed by atoms with Crippen LogP contribution in [0.2, 0.25) is 0 Å². The molecule has 0 aliphatic carbocycles. The number of nitrogens with one attached hydrogen (secondary N) is 1. The van der Waals surface area contributed by atoms with Crippen LogP contribution >= 0.6 is 0 Å². The molecule has 2 aromatic carbocycles. The Morgan fingerprint density at radius 3 is 2.16 bits per heavy atom. The van der Waals surface area contributed by atoms with Crippen LogP contribution < -0.4 is 5.32 Å². The summed E-state index contributed by atoms with van der Waals surface area (Å²) in [6, 6.07) is 19.9. The van der Waals surface area contributed by atoms with Gasteiger partial charge in [-0.25, -0.2) is 0 Å². The van der Waals surface area contributed by atoms with Crippen molar-refractivity contribution in [2.45, 2.75) is 0 Å². The standard InChI is InChI=1S/C17H16N2/c1-4-10-16(11-5-1)18-14-8-3-9-15-19-17-12-6-2-7-13-17/h1-15,18H/b9-3+,14-8-,19-15+. The molecule has 94 valence electrons. The van der Waals surface area contributed by atoms with Gasteiger partial charge in [-0.2, -0.15) is 0 Å². The molecule has 2 aromatic rings. The molecule has 0 unspecified atom stereocenters. The molecule has 2 nitrogen and oxygen atoms in total. The van der Waals surface area contributed by atoms with Crippen molar-refractivity contribution in [3.05, 3.63) is 85.1 Å². The topological polar surface area (TPSA) is 24.4 Å². The monoisotopic (exact) mass is 248 g/mol. The lowest BCUT2D eigenvalue weighted by Crippen LogP contribution is -1.84. The Morgan fingerprint density at radius 2 is 1.42 bits per heavy atom. The van der Waals surface area contributed by atoms with E-state index in [-0.39, 0.29) is 0 Å². The Morgan fingerprint density at radius 1 is 0.737 bits per heavy atom. The number of hydrogen-bond acceptors (Lipinski definition) is 2. The van der Waals surface area contributed by atoms with E-state index in [9.17, 15) is 0 Å². The highest BCUT2D eigenvalue weighted by Crippen LogP contribution is 2.08. The van der Waals surface area contributed by atoms with Crippen LogP contribution in [-0.4, -0.2) is 6.21 Å². The number of nitrogens with zero attached hydrogens (tertiary/aromatic N) is 1. The zero-order valence-corrected chi connectivity index (χ0v) is 10.6. The number of hydrogen-bond donors (Lipinski definition) is 1. The first-order valence-electron chi connectivity index (χ1n) is 6.18. The van der Waals surface area contributed by atoms with E-state index >= 15 is 0 Å². The lowest BCUT2D eigenvalue weighted by Gasteiger charge is -1.97. The van der Waals surface area contributed by atoms with Crippen molar-refractivity contribution in [1.29, 1.82) is 0 Å². The van der Waals surface area contributed by atoms with Gasteiger partial charge in [0, 0.05) is 18.1 Å². The molecule has 0 fully saturated rings. The summed E-state index contributed by atoms with van der Waals surface area (Å²) < 4.78 is 0. The molecule has 2 rings (SSSR count). The fourth-order valence-electron chi connectivity index (χ4n) is 1.49. The SMILES string of the molecule is C(=C/Nc1ccccc1)/C=C/C=N/c1ccccc1. The van der Waals surface area contributed by atoms with Crippen molar-refractivity contribution in [2.24, 2.45) is 4.99 Å². The highest BCUT2D eigenvalue weighted by molar-refractivity contribution is 5.74. The molecule has 19 heavy (non-hydrogen) atoms. The molecule has 0 aromatic heterocycles. The molecule has 0 radical (unpaired) electrons. The van der Waals surface area contributed by atoms with E-state index in [0.717, 1.165) is 11.4 Å². The van der Waals surface area contributed by atoms with Crippen LogP contribution in [0.15, 0.2) is 90.1 Å². The molecule has 1 N–H and O–H groups in total. The molecular formula is C17H16N2. The summed E-state index contributed by atoms with van der Waals surface area (Å²) in [5, 5.41) is 3.18. The smallest absolute Gasteiger partial charge is 0.0629 e. The highest BCUT2D eigenvalue weighted by atomic mass is 14.8. The fraction of sp³-hybridized carbons (Fsp3) is 0. The molecule has 0 spiro atoms. The maximum absolute atomic E-state index is 4.30. The molecule has 0 aliphatic heterocycles. The lowest BCUT2D eigenvalue weighted by atomic mass is 10.3. The molecule has 0 bridgehead atoms. The molecule has 0 saturated carbocycles. The van der Waals surface area contributed by atoms with Crippen LogP contribution in [0.5, 0.6) is 0 Å². The van der Waals surface area contributed by atoms with Crippen LogP contribution in [0.4, 0.5) is 11.4 Å². The van der Waals surface area contributed by atoms with Crippen molar-refractivity contribution in [2.75, 3.05) is 5.32 Å². The van der Waals surface area contributed by atoms with Gasteiger partial charge in [-0.1, -0.05) is 42.5 Å². The minimum Gasteiger partial charge on any atom is -0.362 e. The van der Waals surface area contributed by atoms with Gasteiger partial charge in [-0.3, -0.25) is 4.99 Å². The van der Waals surface area contributed by atoms with Crippen molar-refractivity contribution in [3.8, 4) is 0 Å². The van der Waals surface area contributed by atoms with Crippen LogP contribution in [0.1, 0.15) is 0 Å². The van der Waals surface area contributed by atoms with Crippen LogP contribution in [0.25, 0.3) is 0 Å². The second-order valence-electron chi connectivity index (χ2n) is 3.87. The van der Waals surface area contributed by atoms with Gasteiger partial charge in [0.15, 0.2) is 0 Å². The van der Waals surface area contributed by atoms with Crippen molar-refractivity contribution < 1.29 is 0 Å². The molecular weight excluding hydrogens is 232 g/mol. The Hall–Kier alpha value is -2.61. The third-order valence-electron chi connectivity index (χ3n) is 2.41. The van der Waals surface area contributed by atoms with E-state index in [1.165, 1.54) is 0 Å². The van der Waals surface area contributed by atoms with Gasteiger partial charge >= 0.3 is 0 Å². The Bertz CT molecular complexity index is 554. The number of benzene rings is 2. The van der Waals surface area contributed by atoms with Gasteiger partial charge in [-0.05, 0) is 36.4 Å². The molecule has 0 saturated heterocycles. The van der Waals surface area contributed by atoms with E-state index in [1.54, 1.807) is 6.21 Å². The Kier molecular flexibility index (Phi) is 5.18. The van der Waals surface area contributed by atoms with E-state index in [0.29, 0.717) is 0 Å². The van der Waals surface area contributed by atoms with Crippen molar-refractivity contribution >= 4 is 17.6 Å². The normalized spacial score (nSPS) is 11.6. The number of rotatable bonds is 5. The van der Waals surface area contributed by atoms with E-state index in [1.807, 2.05) is 85.1 Å². The molecule has 0 heterocycles. The van der Waals surface area contributed by atoms with E-state index in [2.05, 4.69) is 10.3 Å². The number of anilines is 1. The van der Waals surface area contributed by atoms with Gasteiger partial charge in [0.25, 0.3) is 0 Å². The second kappa shape index (κ2) is 7.67. The third kappa shape index (κ3) is 5.04. The maximum atomic E-state index is 4.30. The largest absolute Gasteiger partial charge is 0.362 e. The number of aliphatic imine (C=N–C) groups is 1. The van der Waals surface area contributed by atoms with Gasteiger partial charge in [0.1, 0.15) is 0 Å². The van der Waals surface area contributed by atoms with Gasteiger partial charge in [0.2, 0.25) is 0 Å². The predicted molar refractivity (Wildman–Crippen MR) is 82.9 cm³/mol. The minimum atomic E-state index is 0.957. The first-order chi connectivity index (χ1) is 9.45. The minimum absolute atomic E-state index is 0.957. The first kappa shape index (κ1) is 12.8. The average Bonchev–Trinajstić information content (AvgIpc) is 2.48. The van der Waals surface area contributed by atoms with Crippen LogP contribution in [0.3, 0.4) is 0 Å². The summed E-state index contributed by atoms with van der Waals surface area (Å²) in [5.74, 6) is 0. The van der Waals surface area contributed by atoms with Crippen LogP contribution in [-0.2, 0) is 0 Å². The van der Waals surface area contributed by atoms with Gasteiger partial charge < -0.3 is 5.32 Å². The molecule has 0 atom stereocenters. The number of para-hydroxylation sites is 2. The zero-order valence-electron chi connectivity index (χ0n) is 10.6. The fourth-order valence-corrected chi connectivity index (χ4v) is 1.49. The molecule has 0 aliphatic rings. The Balaban J connectivity index is 1.76. The highest BCUT2D eigenvalue weighted by Gasteiger charge is 1.82. The average molecular weight is 248 g/mol.